The molecule has 0 aromatic carbocycles. The first-order valence-corrected chi connectivity index (χ1v) is 6.06. The Morgan fingerprint density at radius 2 is 2.00 bits per heavy atom. The summed E-state index contributed by atoms with van der Waals surface area (Å²) in [6.45, 7) is 4.88. The third-order valence-electron chi connectivity index (χ3n) is 2.65. The summed E-state index contributed by atoms with van der Waals surface area (Å²) in [5, 5.41) is 0. The van der Waals surface area contributed by atoms with E-state index in [1.165, 1.54) is 0 Å². The minimum Gasteiger partial charge on any atom is -0.730 e. The van der Waals surface area contributed by atoms with Crippen LogP contribution in [0.15, 0.2) is 12.7 Å². The second-order valence-electron chi connectivity index (χ2n) is 3.56. The van der Waals surface area contributed by atoms with E-state index >= 15 is 0 Å². The highest BCUT2D eigenvalue weighted by molar-refractivity contribution is 7.43. The normalized spacial score (nSPS) is 26.3. The van der Waals surface area contributed by atoms with Crippen molar-refractivity contribution in [2.24, 2.45) is 0 Å². The van der Waals surface area contributed by atoms with Gasteiger partial charge in [-0.25, -0.2) is 4.57 Å². The van der Waals surface area contributed by atoms with Crippen molar-refractivity contribution >= 4 is 7.75 Å². The largest absolute Gasteiger partial charge is 0.730 e. The topological polar surface area (TPSA) is 60.4 Å². The molecule has 1 fully saturated rings. The maximum atomic E-state index is 11.2. The van der Waals surface area contributed by atoms with Crippen LogP contribution in [0.1, 0.15) is 19.3 Å². The Hall–Kier alpha value is -0.150. The molecule has 1 atom stereocenters. The fourth-order valence-corrected chi connectivity index (χ4v) is 2.99. The van der Waals surface area contributed by atoms with Crippen molar-refractivity contribution in [3.8, 4) is 0 Å². The molecule has 1 aliphatic rings. The molecule has 4 nitrogen and oxygen atoms in total. The van der Waals surface area contributed by atoms with Gasteiger partial charge in [0.25, 0.3) is 0 Å². The summed E-state index contributed by atoms with van der Waals surface area (Å²) in [5.74, 6) is 0. The number of hydrogen-bond donors (Lipinski definition) is 1. The van der Waals surface area contributed by atoms with Gasteiger partial charge in [-0.15, -0.1) is 0 Å². The Labute approximate surface area is 78.7 Å². The molecule has 0 amide bonds. The van der Waals surface area contributed by atoms with Crippen LogP contribution < -0.4 is 4.89 Å². The second kappa shape index (κ2) is 3.93. The molecule has 1 aliphatic heterocycles. The zero-order chi connectivity index (χ0) is 9.95. The number of piperidine rings is 1. The second-order valence-corrected chi connectivity index (χ2v) is 5.39. The molecule has 0 aromatic heterocycles. The minimum absolute atomic E-state index is 0.198. The van der Waals surface area contributed by atoms with Gasteiger partial charge in [0.2, 0.25) is 0 Å². The Balaban J connectivity index is 2.85. The van der Waals surface area contributed by atoms with Gasteiger partial charge in [-0.05, 0) is 25.3 Å². The fourth-order valence-electron chi connectivity index (χ4n) is 1.88. The van der Waals surface area contributed by atoms with E-state index in [1.54, 1.807) is 6.08 Å². The van der Waals surface area contributed by atoms with E-state index in [1.807, 2.05) is 0 Å². The molecule has 1 heterocycles. The lowest BCUT2D eigenvalue weighted by molar-refractivity contribution is -0.835. The van der Waals surface area contributed by atoms with Crippen LogP contribution in [0.3, 0.4) is 0 Å². The van der Waals surface area contributed by atoms with Gasteiger partial charge in [-0.3, -0.25) is 4.25 Å². The van der Waals surface area contributed by atoms with E-state index in [2.05, 4.69) is 6.58 Å². The molecule has 0 aliphatic carbocycles. The fraction of sp³-hybridized carbons (Fsp3) is 0.750. The first kappa shape index (κ1) is 10.9. The smallest absolute Gasteiger partial charge is 0.326 e. The lowest BCUT2D eigenvalue weighted by Gasteiger charge is -2.45. The average Bonchev–Trinajstić information content (AvgIpc) is 2.04. The number of nitrogens with zero attached hydrogens (tertiary/aromatic N) is 1. The van der Waals surface area contributed by atoms with Crippen molar-refractivity contribution in [1.82, 2.24) is 0 Å². The van der Waals surface area contributed by atoms with Crippen LogP contribution >= 0.6 is 7.75 Å². The lowest BCUT2D eigenvalue weighted by Crippen LogP contribution is -2.50. The molecule has 0 spiro atoms. The number of likely N-dealkylation sites (tertiary alicyclic amines) is 1. The number of hydrogen-bond acceptors (Lipinski definition) is 2. The summed E-state index contributed by atoms with van der Waals surface area (Å²) in [6.07, 6.45) is 4.34. The Bertz CT molecular complexity index is 230. The van der Waals surface area contributed by atoms with Gasteiger partial charge in [0, 0.05) is 0 Å². The molecule has 13 heavy (non-hydrogen) atoms. The number of rotatable bonds is 3. The standard InChI is InChI=1S/C8H16NO3P/c1-2-6-9(13(10,11)12)7-4-3-5-8-9/h2H,1,3-8H2,(H-,10,11,12). The van der Waals surface area contributed by atoms with Crippen molar-refractivity contribution < 1.29 is 18.6 Å². The van der Waals surface area contributed by atoms with Crippen LogP contribution in [-0.2, 0) is 4.57 Å². The van der Waals surface area contributed by atoms with Gasteiger partial charge >= 0.3 is 7.75 Å². The van der Waals surface area contributed by atoms with Crippen LogP contribution in [-0.4, -0.2) is 28.8 Å². The lowest BCUT2D eigenvalue weighted by atomic mass is 10.1. The van der Waals surface area contributed by atoms with Crippen LogP contribution in [0.5, 0.6) is 0 Å². The molecule has 1 rings (SSSR count). The summed E-state index contributed by atoms with van der Waals surface area (Å²) in [6, 6.07) is 0. The van der Waals surface area contributed by atoms with E-state index < -0.39 is 7.75 Å². The molecule has 5 heteroatoms. The van der Waals surface area contributed by atoms with Crippen LogP contribution in [0.2, 0.25) is 0 Å². The summed E-state index contributed by atoms with van der Waals surface area (Å²) in [4.78, 5) is 20.4. The monoisotopic (exact) mass is 205 g/mol. The molecule has 1 unspecified atom stereocenters. The predicted octanol–water partition coefficient (Wildman–Crippen LogP) is 0.634. The molecule has 0 aromatic rings. The molecule has 0 radical (unpaired) electrons. The molecule has 1 saturated heterocycles. The van der Waals surface area contributed by atoms with Gasteiger partial charge in [-0.2, -0.15) is 0 Å². The van der Waals surface area contributed by atoms with Crippen molar-refractivity contribution in [2.45, 2.75) is 19.3 Å². The highest BCUT2D eigenvalue weighted by atomic mass is 31.2. The Morgan fingerprint density at radius 1 is 1.46 bits per heavy atom. The zero-order valence-corrected chi connectivity index (χ0v) is 8.58. The van der Waals surface area contributed by atoms with Gasteiger partial charge < -0.3 is 9.79 Å². The van der Waals surface area contributed by atoms with E-state index in [-0.39, 0.29) is 4.25 Å². The summed E-state index contributed by atoms with van der Waals surface area (Å²) < 4.78 is 11.0. The van der Waals surface area contributed by atoms with E-state index in [0.717, 1.165) is 19.3 Å². The van der Waals surface area contributed by atoms with E-state index in [4.69, 9.17) is 4.89 Å². The van der Waals surface area contributed by atoms with Crippen LogP contribution in [0, 0.1) is 0 Å². The summed E-state index contributed by atoms with van der Waals surface area (Å²) >= 11 is 0. The summed E-state index contributed by atoms with van der Waals surface area (Å²) in [5.41, 5.74) is 0. The summed E-state index contributed by atoms with van der Waals surface area (Å²) in [7, 11) is -4.27. The molecular formula is C8H16NO3P. The molecular weight excluding hydrogens is 189 g/mol. The molecule has 1 N–H and O–H groups in total. The SMILES string of the molecule is C=CC[N+]1(P(=O)([O-])O)CCCCC1. The zero-order valence-electron chi connectivity index (χ0n) is 7.69. The van der Waals surface area contributed by atoms with Crippen molar-refractivity contribution in [3.05, 3.63) is 12.7 Å². The first-order valence-electron chi connectivity index (χ1n) is 4.53. The maximum absolute atomic E-state index is 11.2. The Morgan fingerprint density at radius 3 is 2.38 bits per heavy atom. The van der Waals surface area contributed by atoms with Crippen molar-refractivity contribution in [2.75, 3.05) is 19.6 Å². The average molecular weight is 205 g/mol. The van der Waals surface area contributed by atoms with Crippen molar-refractivity contribution in [1.29, 1.82) is 0 Å². The molecule has 0 saturated carbocycles. The van der Waals surface area contributed by atoms with Gasteiger partial charge in [0.05, 0.1) is 13.1 Å². The number of quaternary nitrogens is 1. The van der Waals surface area contributed by atoms with Gasteiger partial charge in [0.15, 0.2) is 0 Å². The third-order valence-corrected chi connectivity index (χ3v) is 4.29. The highest BCUT2D eigenvalue weighted by Crippen LogP contribution is 2.46. The quantitative estimate of drug-likeness (QED) is 0.543. The van der Waals surface area contributed by atoms with Gasteiger partial charge in [-0.1, -0.05) is 6.58 Å². The minimum atomic E-state index is -4.27. The third kappa shape index (κ3) is 2.20. The predicted molar refractivity (Wildman–Crippen MR) is 48.7 cm³/mol. The van der Waals surface area contributed by atoms with E-state index in [9.17, 15) is 9.46 Å². The van der Waals surface area contributed by atoms with Crippen molar-refractivity contribution in [3.63, 3.8) is 0 Å². The van der Waals surface area contributed by atoms with Crippen LogP contribution in [0.4, 0.5) is 0 Å². The Kier molecular flexibility index (Phi) is 3.30. The van der Waals surface area contributed by atoms with E-state index in [0.29, 0.717) is 19.6 Å². The first-order chi connectivity index (χ1) is 6.02. The highest BCUT2D eigenvalue weighted by Gasteiger charge is 2.38. The van der Waals surface area contributed by atoms with Gasteiger partial charge in [0.1, 0.15) is 6.54 Å². The molecule has 76 valence electrons. The maximum Gasteiger partial charge on any atom is 0.326 e. The molecule has 0 bridgehead atoms. The van der Waals surface area contributed by atoms with Crippen LogP contribution in [0.25, 0.3) is 0 Å².